The fourth-order valence-corrected chi connectivity index (χ4v) is 3.50. The summed E-state index contributed by atoms with van der Waals surface area (Å²) in [5.41, 5.74) is 6.08. The molecule has 0 aromatic heterocycles. The molecule has 1 fully saturated rings. The number of rotatable bonds is 7. The minimum Gasteiger partial charge on any atom is -0.368 e. The molecule has 1 aromatic carbocycles. The van der Waals surface area contributed by atoms with E-state index in [4.69, 9.17) is 5.73 Å². The lowest BCUT2D eigenvalue weighted by Gasteiger charge is -2.30. The third kappa shape index (κ3) is 5.82. The summed E-state index contributed by atoms with van der Waals surface area (Å²) in [5.74, 6) is -1.84. The van der Waals surface area contributed by atoms with E-state index in [-0.39, 0.29) is 18.2 Å². The predicted molar refractivity (Wildman–Crippen MR) is 95.4 cm³/mol. The average molecular weight is 363 g/mol. The van der Waals surface area contributed by atoms with Crippen LogP contribution in [-0.2, 0) is 20.8 Å². The minimum atomic E-state index is -0.903. The van der Waals surface area contributed by atoms with Gasteiger partial charge in [-0.1, -0.05) is 31.4 Å². The maximum Gasteiger partial charge on any atom is 0.243 e. The molecule has 0 unspecified atom stereocenters. The third-order valence-electron chi connectivity index (χ3n) is 4.75. The third-order valence-corrected chi connectivity index (χ3v) is 4.75. The number of carbonyl (C=O) groups excluding carboxylic acids is 3. The zero-order valence-corrected chi connectivity index (χ0v) is 15.0. The minimum absolute atomic E-state index is 0.0114. The van der Waals surface area contributed by atoms with Gasteiger partial charge in [-0.2, -0.15) is 0 Å². The van der Waals surface area contributed by atoms with E-state index >= 15 is 0 Å². The number of hydrogen-bond donors (Lipinski definition) is 3. The van der Waals surface area contributed by atoms with Gasteiger partial charge >= 0.3 is 0 Å². The van der Waals surface area contributed by atoms with Gasteiger partial charge in [0, 0.05) is 13.3 Å². The maximum atomic E-state index is 13.4. The van der Waals surface area contributed by atoms with Crippen LogP contribution in [0.3, 0.4) is 0 Å². The molecule has 1 aliphatic carbocycles. The highest BCUT2D eigenvalue weighted by molar-refractivity contribution is 5.91. The fraction of sp³-hybridized carbons (Fsp3) is 0.526. The molecule has 1 saturated carbocycles. The summed E-state index contributed by atoms with van der Waals surface area (Å²) in [5, 5.41) is 5.27. The van der Waals surface area contributed by atoms with Gasteiger partial charge in [0.05, 0.1) is 0 Å². The number of halogens is 1. The lowest BCUT2D eigenvalue weighted by molar-refractivity contribution is -0.131. The highest BCUT2D eigenvalue weighted by atomic mass is 19.1. The van der Waals surface area contributed by atoms with Gasteiger partial charge in [-0.05, 0) is 36.5 Å². The second-order valence-electron chi connectivity index (χ2n) is 6.87. The monoisotopic (exact) mass is 363 g/mol. The normalized spacial score (nSPS) is 17.2. The van der Waals surface area contributed by atoms with Crippen molar-refractivity contribution in [1.29, 1.82) is 0 Å². The molecule has 7 heteroatoms. The predicted octanol–water partition coefficient (Wildman–Crippen LogP) is 1.42. The molecule has 1 aliphatic rings. The smallest absolute Gasteiger partial charge is 0.243 e. The Morgan fingerprint density at radius 2 is 1.88 bits per heavy atom. The number of carbonyl (C=O) groups is 3. The Bertz CT molecular complexity index is 659. The van der Waals surface area contributed by atoms with Gasteiger partial charge in [-0.3, -0.25) is 14.4 Å². The Morgan fingerprint density at radius 3 is 2.46 bits per heavy atom. The summed E-state index contributed by atoms with van der Waals surface area (Å²) < 4.78 is 13.4. The molecule has 0 bridgehead atoms. The lowest BCUT2D eigenvalue weighted by Crippen LogP contribution is -2.56. The first-order valence-corrected chi connectivity index (χ1v) is 8.98. The topological polar surface area (TPSA) is 101 Å². The molecule has 3 amide bonds. The van der Waals surface area contributed by atoms with Gasteiger partial charge < -0.3 is 16.4 Å². The van der Waals surface area contributed by atoms with Crippen LogP contribution in [0.5, 0.6) is 0 Å². The van der Waals surface area contributed by atoms with Crippen molar-refractivity contribution >= 4 is 17.7 Å². The Hall–Kier alpha value is -2.44. The van der Waals surface area contributed by atoms with Crippen LogP contribution in [0.25, 0.3) is 0 Å². The van der Waals surface area contributed by atoms with E-state index in [0.717, 1.165) is 32.1 Å². The van der Waals surface area contributed by atoms with Gasteiger partial charge in [-0.25, -0.2) is 4.39 Å². The SMILES string of the molecule is CC(=O)N[C@H](Cc1cccc(F)c1)C(=O)N[C@@H](C(N)=O)C1CCCCC1. The Labute approximate surface area is 152 Å². The summed E-state index contributed by atoms with van der Waals surface area (Å²) >= 11 is 0. The van der Waals surface area contributed by atoms with E-state index in [9.17, 15) is 18.8 Å². The van der Waals surface area contributed by atoms with Crippen molar-refractivity contribution in [2.75, 3.05) is 0 Å². The zero-order valence-electron chi connectivity index (χ0n) is 15.0. The van der Waals surface area contributed by atoms with Crippen LogP contribution in [0.1, 0.15) is 44.6 Å². The van der Waals surface area contributed by atoms with Crippen molar-refractivity contribution in [2.45, 2.75) is 57.5 Å². The Balaban J connectivity index is 2.10. The van der Waals surface area contributed by atoms with Crippen LogP contribution in [0.4, 0.5) is 4.39 Å². The van der Waals surface area contributed by atoms with Gasteiger partial charge in [-0.15, -0.1) is 0 Å². The number of benzene rings is 1. The van der Waals surface area contributed by atoms with Crippen molar-refractivity contribution in [3.8, 4) is 0 Å². The molecule has 0 spiro atoms. The van der Waals surface area contributed by atoms with E-state index in [1.807, 2.05) is 0 Å². The van der Waals surface area contributed by atoms with E-state index in [1.54, 1.807) is 12.1 Å². The highest BCUT2D eigenvalue weighted by Crippen LogP contribution is 2.26. The Kier molecular flexibility index (Phi) is 7.12. The van der Waals surface area contributed by atoms with E-state index in [2.05, 4.69) is 10.6 Å². The van der Waals surface area contributed by atoms with Gasteiger partial charge in [0.2, 0.25) is 17.7 Å². The van der Waals surface area contributed by atoms with Crippen LogP contribution in [0.2, 0.25) is 0 Å². The number of nitrogens with one attached hydrogen (secondary N) is 2. The van der Waals surface area contributed by atoms with Crippen LogP contribution >= 0.6 is 0 Å². The van der Waals surface area contributed by atoms with Crippen LogP contribution in [0, 0.1) is 11.7 Å². The molecule has 0 heterocycles. The van der Waals surface area contributed by atoms with Crippen molar-refractivity contribution in [1.82, 2.24) is 10.6 Å². The molecule has 0 aliphatic heterocycles. The summed E-state index contributed by atoms with van der Waals surface area (Å²) in [4.78, 5) is 36.0. The standard InChI is InChI=1S/C19H26FN3O3/c1-12(24)22-16(11-13-6-5-9-15(20)10-13)19(26)23-17(18(21)25)14-7-3-2-4-8-14/h5-6,9-10,14,16-17H,2-4,7-8,11H2,1H3,(H2,21,25)(H,22,24)(H,23,26)/t16-,17-/m1/s1. The first-order valence-electron chi connectivity index (χ1n) is 8.98. The molecule has 142 valence electrons. The lowest BCUT2D eigenvalue weighted by atomic mass is 9.83. The van der Waals surface area contributed by atoms with E-state index in [1.165, 1.54) is 19.1 Å². The van der Waals surface area contributed by atoms with Crippen LogP contribution < -0.4 is 16.4 Å². The molecule has 4 N–H and O–H groups in total. The summed E-state index contributed by atoms with van der Waals surface area (Å²) in [6.07, 6.45) is 4.92. The molecule has 0 radical (unpaired) electrons. The average Bonchev–Trinajstić information content (AvgIpc) is 2.59. The molecule has 2 atom stereocenters. The second-order valence-corrected chi connectivity index (χ2v) is 6.87. The Morgan fingerprint density at radius 1 is 1.19 bits per heavy atom. The van der Waals surface area contributed by atoms with Gasteiger partial charge in [0.1, 0.15) is 17.9 Å². The van der Waals surface area contributed by atoms with Crippen LogP contribution in [-0.4, -0.2) is 29.8 Å². The molecular formula is C19H26FN3O3. The molecule has 1 aromatic rings. The van der Waals surface area contributed by atoms with Crippen molar-refractivity contribution in [3.05, 3.63) is 35.6 Å². The van der Waals surface area contributed by atoms with Crippen LogP contribution in [0.15, 0.2) is 24.3 Å². The number of amides is 3. The van der Waals surface area contributed by atoms with E-state index < -0.39 is 29.7 Å². The van der Waals surface area contributed by atoms with Crippen molar-refractivity contribution < 1.29 is 18.8 Å². The molecule has 2 rings (SSSR count). The highest BCUT2D eigenvalue weighted by Gasteiger charge is 2.31. The van der Waals surface area contributed by atoms with Crippen molar-refractivity contribution in [2.24, 2.45) is 11.7 Å². The summed E-state index contributed by atoms with van der Waals surface area (Å²) in [6, 6.07) is 4.18. The molecular weight excluding hydrogens is 337 g/mol. The molecule has 6 nitrogen and oxygen atoms in total. The molecule has 0 saturated heterocycles. The number of hydrogen-bond acceptors (Lipinski definition) is 3. The van der Waals surface area contributed by atoms with E-state index in [0.29, 0.717) is 5.56 Å². The zero-order chi connectivity index (χ0) is 19.1. The fourth-order valence-electron chi connectivity index (χ4n) is 3.50. The largest absolute Gasteiger partial charge is 0.368 e. The maximum absolute atomic E-state index is 13.4. The number of primary amides is 1. The van der Waals surface area contributed by atoms with Gasteiger partial charge in [0.15, 0.2) is 0 Å². The van der Waals surface area contributed by atoms with Gasteiger partial charge in [0.25, 0.3) is 0 Å². The summed E-state index contributed by atoms with van der Waals surface area (Å²) in [6.45, 7) is 1.30. The molecule has 26 heavy (non-hydrogen) atoms. The quantitative estimate of drug-likeness (QED) is 0.683. The second kappa shape index (κ2) is 9.31. The first-order chi connectivity index (χ1) is 12.4. The summed E-state index contributed by atoms with van der Waals surface area (Å²) in [7, 11) is 0. The number of nitrogens with two attached hydrogens (primary N) is 1. The first kappa shape index (κ1) is 19.9. The van der Waals surface area contributed by atoms with Crippen molar-refractivity contribution in [3.63, 3.8) is 0 Å².